The van der Waals surface area contributed by atoms with Crippen LogP contribution in [0.15, 0.2) is 32.8 Å². The topological polar surface area (TPSA) is 117 Å². The maximum absolute atomic E-state index is 11.6. The molecule has 0 aliphatic heterocycles. The van der Waals surface area contributed by atoms with Gasteiger partial charge in [-0.2, -0.15) is 4.98 Å². The van der Waals surface area contributed by atoms with E-state index in [1.54, 1.807) is 6.07 Å². The van der Waals surface area contributed by atoms with Gasteiger partial charge < -0.3 is 9.09 Å². The number of imidazole rings is 1. The molecule has 1 unspecified atom stereocenters. The van der Waals surface area contributed by atoms with E-state index in [1.165, 1.54) is 23.9 Å². The molecule has 2 heterocycles. The minimum atomic E-state index is -3.77. The van der Waals surface area contributed by atoms with Crippen molar-refractivity contribution in [2.45, 2.75) is 55.5 Å². The molecule has 1 atom stereocenters. The third kappa shape index (κ3) is 3.76. The smallest absolute Gasteiger partial charge is 0.239 e. The lowest BCUT2D eigenvalue weighted by Gasteiger charge is -2.09. The van der Waals surface area contributed by atoms with Crippen LogP contribution >= 0.6 is 11.8 Å². The first-order valence-corrected chi connectivity index (χ1v) is 10.8. The Balaban J connectivity index is 1.99. The Bertz CT molecular complexity index is 1030. The maximum Gasteiger partial charge on any atom is 0.239 e. The van der Waals surface area contributed by atoms with Gasteiger partial charge in [0.05, 0.1) is 21.2 Å². The molecule has 8 nitrogen and oxygen atoms in total. The molecule has 0 aliphatic rings. The van der Waals surface area contributed by atoms with Gasteiger partial charge in [-0.05, 0) is 31.5 Å². The number of thioether (sulfide) groups is 1. The van der Waals surface area contributed by atoms with E-state index in [1.807, 2.05) is 13.8 Å². The molecule has 0 aliphatic carbocycles. The molecule has 0 amide bonds. The zero-order chi connectivity index (χ0) is 18.9. The minimum absolute atomic E-state index is 0.0558. The lowest BCUT2D eigenvalue weighted by molar-refractivity contribution is 0.375. The van der Waals surface area contributed by atoms with Crippen LogP contribution in [-0.2, 0) is 23.0 Å². The van der Waals surface area contributed by atoms with Crippen molar-refractivity contribution < 1.29 is 12.9 Å². The van der Waals surface area contributed by atoms with Crippen molar-refractivity contribution in [3.05, 3.63) is 29.9 Å². The number of hydrogen-bond donors (Lipinski definition) is 1. The molecule has 2 N–H and O–H groups in total. The standard InChI is InChI=1S/C16H21N5O3S2/c1-4-8-21-13-7-6-11(26(17,22)23)9-12(13)18-16(21)25-10(3)15-19-14(5-2)20-24-15/h6-7,9-10H,4-5,8H2,1-3H3,(H2,17,22,23). The highest BCUT2D eigenvalue weighted by molar-refractivity contribution is 7.99. The van der Waals surface area contributed by atoms with E-state index in [-0.39, 0.29) is 10.1 Å². The Kier molecular flexibility index (Phi) is 5.35. The number of rotatable bonds is 7. The van der Waals surface area contributed by atoms with Crippen LogP contribution in [0.5, 0.6) is 0 Å². The normalized spacial score (nSPS) is 13.4. The van der Waals surface area contributed by atoms with Crippen molar-refractivity contribution >= 4 is 32.8 Å². The van der Waals surface area contributed by atoms with Gasteiger partial charge in [-0.15, -0.1) is 0 Å². The number of fused-ring (bicyclic) bond motifs is 1. The van der Waals surface area contributed by atoms with Gasteiger partial charge in [-0.25, -0.2) is 18.5 Å². The fraction of sp³-hybridized carbons (Fsp3) is 0.438. The summed E-state index contributed by atoms with van der Waals surface area (Å²) >= 11 is 1.50. The lowest BCUT2D eigenvalue weighted by atomic mass is 10.3. The lowest BCUT2D eigenvalue weighted by Crippen LogP contribution is -2.11. The second-order valence-electron chi connectivity index (χ2n) is 5.90. The largest absolute Gasteiger partial charge is 0.338 e. The summed E-state index contributed by atoms with van der Waals surface area (Å²) in [5.41, 5.74) is 1.47. The highest BCUT2D eigenvalue weighted by Gasteiger charge is 2.20. The highest BCUT2D eigenvalue weighted by Crippen LogP contribution is 2.35. The Morgan fingerprint density at radius 3 is 2.69 bits per heavy atom. The number of sulfonamides is 1. The number of nitrogens with zero attached hydrogens (tertiary/aromatic N) is 4. The molecule has 26 heavy (non-hydrogen) atoms. The molecular formula is C16H21N5O3S2. The van der Waals surface area contributed by atoms with E-state index in [0.717, 1.165) is 23.6 Å². The summed E-state index contributed by atoms with van der Waals surface area (Å²) in [5.74, 6) is 1.22. The first kappa shape index (κ1) is 18.9. The molecule has 140 valence electrons. The third-order valence-electron chi connectivity index (χ3n) is 3.89. The van der Waals surface area contributed by atoms with Gasteiger partial charge in [-0.3, -0.25) is 0 Å². The Morgan fingerprint density at radius 1 is 1.31 bits per heavy atom. The van der Waals surface area contributed by atoms with E-state index < -0.39 is 10.0 Å². The Hall–Kier alpha value is -1.91. The minimum Gasteiger partial charge on any atom is -0.338 e. The molecule has 1 aromatic carbocycles. The monoisotopic (exact) mass is 395 g/mol. The van der Waals surface area contributed by atoms with Crippen molar-refractivity contribution in [1.29, 1.82) is 0 Å². The molecule has 0 fully saturated rings. The van der Waals surface area contributed by atoms with Crippen LogP contribution in [0.4, 0.5) is 0 Å². The van der Waals surface area contributed by atoms with Gasteiger partial charge >= 0.3 is 0 Å². The molecule has 0 saturated heterocycles. The maximum atomic E-state index is 11.6. The van der Waals surface area contributed by atoms with Crippen molar-refractivity contribution in [3.8, 4) is 0 Å². The molecule has 3 rings (SSSR count). The predicted molar refractivity (Wildman–Crippen MR) is 99.3 cm³/mol. The SMILES string of the molecule is CCCn1c(SC(C)c2nc(CC)no2)nc2cc(S(N)(=O)=O)ccc21. The molecule has 10 heteroatoms. The van der Waals surface area contributed by atoms with Gasteiger partial charge in [0.1, 0.15) is 0 Å². The molecule has 0 spiro atoms. The summed E-state index contributed by atoms with van der Waals surface area (Å²) in [4.78, 5) is 9.04. The fourth-order valence-electron chi connectivity index (χ4n) is 2.58. The summed E-state index contributed by atoms with van der Waals surface area (Å²) in [7, 11) is -3.77. The van der Waals surface area contributed by atoms with Crippen LogP contribution in [0, 0.1) is 0 Å². The van der Waals surface area contributed by atoms with Crippen molar-refractivity contribution in [2.75, 3.05) is 0 Å². The second kappa shape index (κ2) is 7.37. The number of aryl methyl sites for hydroxylation is 2. The van der Waals surface area contributed by atoms with E-state index in [9.17, 15) is 8.42 Å². The van der Waals surface area contributed by atoms with Crippen molar-refractivity contribution in [3.63, 3.8) is 0 Å². The number of benzene rings is 1. The van der Waals surface area contributed by atoms with Gasteiger partial charge in [0, 0.05) is 13.0 Å². The molecule has 0 saturated carbocycles. The summed E-state index contributed by atoms with van der Waals surface area (Å²) in [5, 5.41) is 9.86. The Morgan fingerprint density at radius 2 is 2.08 bits per heavy atom. The molecule has 0 bridgehead atoms. The van der Waals surface area contributed by atoms with Gasteiger partial charge in [0.25, 0.3) is 0 Å². The highest BCUT2D eigenvalue weighted by atomic mass is 32.2. The average Bonchev–Trinajstić information content (AvgIpc) is 3.19. The average molecular weight is 396 g/mol. The van der Waals surface area contributed by atoms with E-state index >= 15 is 0 Å². The number of nitrogens with two attached hydrogens (primary N) is 1. The summed E-state index contributed by atoms with van der Waals surface area (Å²) in [6.45, 7) is 6.79. The zero-order valence-electron chi connectivity index (χ0n) is 14.8. The van der Waals surface area contributed by atoms with Gasteiger partial charge in [-0.1, -0.05) is 30.8 Å². The van der Waals surface area contributed by atoms with Gasteiger partial charge in [0.2, 0.25) is 15.9 Å². The van der Waals surface area contributed by atoms with E-state index in [4.69, 9.17) is 9.66 Å². The first-order valence-electron chi connectivity index (χ1n) is 8.35. The third-order valence-corrected chi connectivity index (χ3v) is 5.88. The van der Waals surface area contributed by atoms with Crippen molar-refractivity contribution in [1.82, 2.24) is 19.7 Å². The van der Waals surface area contributed by atoms with Crippen LogP contribution in [0.1, 0.15) is 44.2 Å². The zero-order valence-corrected chi connectivity index (χ0v) is 16.5. The fourth-order valence-corrected chi connectivity index (χ4v) is 4.09. The van der Waals surface area contributed by atoms with E-state index in [2.05, 4.69) is 26.6 Å². The number of hydrogen-bond acceptors (Lipinski definition) is 7. The Labute approximate surface area is 156 Å². The molecule has 0 radical (unpaired) electrons. The predicted octanol–water partition coefficient (Wildman–Crippen LogP) is 2.89. The van der Waals surface area contributed by atoms with Crippen LogP contribution in [0.25, 0.3) is 11.0 Å². The number of primary sulfonamides is 1. The number of aromatic nitrogens is 4. The quantitative estimate of drug-likeness (QED) is 0.611. The van der Waals surface area contributed by atoms with Crippen molar-refractivity contribution in [2.24, 2.45) is 5.14 Å². The van der Waals surface area contributed by atoms with Crippen LogP contribution < -0.4 is 5.14 Å². The summed E-state index contributed by atoms with van der Waals surface area (Å²) in [6.07, 6.45) is 1.64. The summed E-state index contributed by atoms with van der Waals surface area (Å²) in [6, 6.07) is 4.76. The molecule has 2 aromatic heterocycles. The molecular weight excluding hydrogens is 374 g/mol. The van der Waals surface area contributed by atoms with E-state index in [0.29, 0.717) is 23.7 Å². The van der Waals surface area contributed by atoms with Crippen LogP contribution in [0.2, 0.25) is 0 Å². The second-order valence-corrected chi connectivity index (χ2v) is 8.77. The summed E-state index contributed by atoms with van der Waals surface area (Å²) < 4.78 is 30.6. The van der Waals surface area contributed by atoms with Gasteiger partial charge in [0.15, 0.2) is 11.0 Å². The van der Waals surface area contributed by atoms with Crippen LogP contribution in [-0.4, -0.2) is 28.1 Å². The van der Waals surface area contributed by atoms with Crippen LogP contribution in [0.3, 0.4) is 0 Å². The first-order chi connectivity index (χ1) is 12.3. The molecule has 3 aromatic rings.